The number of ketones is 2. The zero-order valence-corrected chi connectivity index (χ0v) is 10.7. The van der Waals surface area contributed by atoms with Crippen molar-refractivity contribution in [1.29, 1.82) is 0 Å². The van der Waals surface area contributed by atoms with Crippen LogP contribution >= 0.6 is 0 Å². The second kappa shape index (κ2) is 7.81. The van der Waals surface area contributed by atoms with E-state index >= 15 is 0 Å². The van der Waals surface area contributed by atoms with Crippen LogP contribution < -0.4 is 5.73 Å². The number of nitrogens with two attached hydrogens (primary N) is 1. The fraction of sp³-hybridized carbons (Fsp3) is 0.133. The minimum absolute atomic E-state index is 0.121. The lowest BCUT2D eigenvalue weighted by atomic mass is 10.1. The van der Waals surface area contributed by atoms with Crippen LogP contribution in [0.3, 0.4) is 0 Å². The molecule has 0 aliphatic heterocycles. The van der Waals surface area contributed by atoms with Crippen LogP contribution in [0.2, 0.25) is 0 Å². The van der Waals surface area contributed by atoms with E-state index in [0.29, 0.717) is 6.42 Å². The van der Waals surface area contributed by atoms with Crippen molar-refractivity contribution in [2.75, 3.05) is 0 Å². The van der Waals surface area contributed by atoms with E-state index in [9.17, 15) is 14.4 Å². The molecule has 5 heteroatoms. The molecule has 0 saturated heterocycles. The van der Waals surface area contributed by atoms with E-state index in [1.54, 1.807) is 0 Å². The van der Waals surface area contributed by atoms with Crippen LogP contribution in [0.1, 0.15) is 5.56 Å². The molecule has 1 atom stereocenters. The van der Waals surface area contributed by atoms with Gasteiger partial charge in [0.1, 0.15) is 6.04 Å². The number of carbonyl (C=O) groups is 3. The van der Waals surface area contributed by atoms with Gasteiger partial charge in [0.15, 0.2) is 11.6 Å². The monoisotopic (exact) mass is 273 g/mol. The molecule has 1 aromatic rings. The lowest BCUT2D eigenvalue weighted by molar-refractivity contribution is -0.138. The van der Waals surface area contributed by atoms with Crippen LogP contribution in [0, 0.1) is 0 Å². The molecular weight excluding hydrogens is 258 g/mol. The lowest BCUT2D eigenvalue weighted by Gasteiger charge is -2.04. The van der Waals surface area contributed by atoms with Crippen molar-refractivity contribution in [3.8, 4) is 0 Å². The molecule has 0 radical (unpaired) electrons. The molecule has 1 aliphatic rings. The molecule has 0 heterocycles. The van der Waals surface area contributed by atoms with Gasteiger partial charge in [0.2, 0.25) is 0 Å². The zero-order chi connectivity index (χ0) is 15.0. The van der Waals surface area contributed by atoms with Gasteiger partial charge < -0.3 is 10.8 Å². The van der Waals surface area contributed by atoms with Crippen molar-refractivity contribution >= 4 is 17.5 Å². The van der Waals surface area contributed by atoms with Crippen molar-refractivity contribution in [3.05, 3.63) is 60.2 Å². The Kier molecular flexibility index (Phi) is 6.06. The summed E-state index contributed by atoms with van der Waals surface area (Å²) in [7, 11) is 0. The fourth-order valence-electron chi connectivity index (χ4n) is 1.39. The minimum Gasteiger partial charge on any atom is -0.480 e. The Bertz CT molecular complexity index is 508. The molecule has 5 nitrogen and oxygen atoms in total. The number of rotatable bonds is 3. The van der Waals surface area contributed by atoms with Gasteiger partial charge in [-0.2, -0.15) is 0 Å². The van der Waals surface area contributed by atoms with Crippen molar-refractivity contribution in [2.45, 2.75) is 12.5 Å². The molecule has 0 saturated carbocycles. The third-order valence-electron chi connectivity index (χ3n) is 2.44. The van der Waals surface area contributed by atoms with Gasteiger partial charge >= 0.3 is 5.97 Å². The van der Waals surface area contributed by atoms with E-state index in [2.05, 4.69) is 0 Å². The third kappa shape index (κ3) is 5.88. The molecule has 0 spiro atoms. The maximum atomic E-state index is 10.4. The van der Waals surface area contributed by atoms with Crippen molar-refractivity contribution in [3.63, 3.8) is 0 Å². The van der Waals surface area contributed by atoms with Crippen molar-refractivity contribution in [2.24, 2.45) is 5.73 Å². The number of aliphatic carboxylic acids is 1. The van der Waals surface area contributed by atoms with Gasteiger partial charge in [0.05, 0.1) is 0 Å². The zero-order valence-electron chi connectivity index (χ0n) is 10.7. The molecule has 1 aliphatic carbocycles. The second-order valence-corrected chi connectivity index (χ2v) is 4.11. The van der Waals surface area contributed by atoms with E-state index in [-0.39, 0.29) is 11.6 Å². The van der Waals surface area contributed by atoms with Gasteiger partial charge in [-0.25, -0.2) is 0 Å². The minimum atomic E-state index is -0.959. The van der Waals surface area contributed by atoms with Crippen molar-refractivity contribution < 1.29 is 19.5 Å². The first-order chi connectivity index (χ1) is 9.49. The predicted molar refractivity (Wildman–Crippen MR) is 74.1 cm³/mol. The highest BCUT2D eigenvalue weighted by atomic mass is 16.4. The number of carboxylic acids is 1. The number of benzene rings is 1. The summed E-state index contributed by atoms with van der Waals surface area (Å²) in [5.41, 5.74) is 6.30. The van der Waals surface area contributed by atoms with Crippen LogP contribution in [0.25, 0.3) is 0 Å². The number of hydrogen-bond donors (Lipinski definition) is 2. The topological polar surface area (TPSA) is 97.5 Å². The highest BCUT2D eigenvalue weighted by Crippen LogP contribution is 2.01. The van der Waals surface area contributed by atoms with Crippen LogP contribution in [0.5, 0.6) is 0 Å². The van der Waals surface area contributed by atoms with E-state index in [1.165, 1.54) is 24.3 Å². The summed E-state index contributed by atoms with van der Waals surface area (Å²) in [5.74, 6) is -1.20. The smallest absolute Gasteiger partial charge is 0.320 e. The first kappa shape index (κ1) is 15.5. The first-order valence-corrected chi connectivity index (χ1v) is 5.95. The molecule has 1 aromatic carbocycles. The van der Waals surface area contributed by atoms with Gasteiger partial charge in [-0.15, -0.1) is 0 Å². The normalized spacial score (nSPS) is 14.4. The highest BCUT2D eigenvalue weighted by Gasteiger charge is 2.10. The van der Waals surface area contributed by atoms with Crippen LogP contribution in [0.15, 0.2) is 54.6 Å². The van der Waals surface area contributed by atoms with Crippen LogP contribution in [-0.2, 0) is 20.8 Å². The van der Waals surface area contributed by atoms with Gasteiger partial charge in [0.25, 0.3) is 0 Å². The summed E-state index contributed by atoms with van der Waals surface area (Å²) >= 11 is 0. The second-order valence-electron chi connectivity index (χ2n) is 4.11. The first-order valence-electron chi connectivity index (χ1n) is 5.95. The maximum Gasteiger partial charge on any atom is 0.320 e. The van der Waals surface area contributed by atoms with Crippen LogP contribution in [-0.4, -0.2) is 28.7 Å². The Hall–Kier alpha value is -2.53. The lowest BCUT2D eigenvalue weighted by Crippen LogP contribution is -2.32. The molecule has 0 fully saturated rings. The number of carbonyl (C=O) groups excluding carboxylic acids is 2. The quantitative estimate of drug-likeness (QED) is 0.797. The van der Waals surface area contributed by atoms with E-state index < -0.39 is 12.0 Å². The Balaban J connectivity index is 0.000000217. The summed E-state index contributed by atoms with van der Waals surface area (Å²) in [4.78, 5) is 30.9. The van der Waals surface area contributed by atoms with Gasteiger partial charge in [-0.3, -0.25) is 14.4 Å². The van der Waals surface area contributed by atoms with E-state index in [4.69, 9.17) is 10.8 Å². The fourth-order valence-corrected chi connectivity index (χ4v) is 1.39. The molecule has 20 heavy (non-hydrogen) atoms. The summed E-state index contributed by atoms with van der Waals surface area (Å²) in [6.45, 7) is 0. The molecule has 3 N–H and O–H groups in total. The SMILES string of the molecule is N[C@@H](Cc1ccccc1)C(=O)O.O=C1C=CC(=O)C=C1. The molecule has 0 bridgehead atoms. The average molecular weight is 273 g/mol. The molecule has 2 rings (SSSR count). The summed E-state index contributed by atoms with van der Waals surface area (Å²) < 4.78 is 0. The Labute approximate surface area is 116 Å². The summed E-state index contributed by atoms with van der Waals surface area (Å²) in [6, 6.07) is 8.54. The van der Waals surface area contributed by atoms with Gasteiger partial charge in [0, 0.05) is 0 Å². The van der Waals surface area contributed by atoms with Gasteiger partial charge in [-0.05, 0) is 36.3 Å². The molecule has 0 aromatic heterocycles. The summed E-state index contributed by atoms with van der Waals surface area (Å²) in [5, 5.41) is 8.52. The summed E-state index contributed by atoms with van der Waals surface area (Å²) in [6.07, 6.45) is 5.39. The van der Waals surface area contributed by atoms with Crippen LogP contribution in [0.4, 0.5) is 0 Å². The maximum absolute atomic E-state index is 10.4. The average Bonchev–Trinajstić information content (AvgIpc) is 2.44. The largest absolute Gasteiger partial charge is 0.480 e. The molecule has 104 valence electrons. The van der Waals surface area contributed by atoms with Gasteiger partial charge in [-0.1, -0.05) is 30.3 Å². The molecular formula is C15H15NO4. The number of hydrogen-bond acceptors (Lipinski definition) is 4. The number of allylic oxidation sites excluding steroid dienone is 4. The van der Waals surface area contributed by atoms with E-state index in [0.717, 1.165) is 5.56 Å². The Morgan fingerprint density at radius 3 is 1.85 bits per heavy atom. The molecule has 0 amide bonds. The van der Waals surface area contributed by atoms with E-state index in [1.807, 2.05) is 30.3 Å². The molecule has 0 unspecified atom stereocenters. The van der Waals surface area contributed by atoms with Crippen molar-refractivity contribution in [1.82, 2.24) is 0 Å². The predicted octanol–water partition coefficient (Wildman–Crippen LogP) is 0.892. The highest BCUT2D eigenvalue weighted by molar-refractivity contribution is 6.14. The third-order valence-corrected chi connectivity index (χ3v) is 2.44. The Morgan fingerprint density at radius 2 is 1.45 bits per heavy atom. The Morgan fingerprint density at radius 1 is 1.00 bits per heavy atom. The number of carboxylic acid groups (broad SMARTS) is 1. The standard InChI is InChI=1S/C9H11NO2.C6H4O2/c10-8(9(11)12)6-7-4-2-1-3-5-7;7-5-1-2-6(8)4-3-5/h1-5,8H,6,10H2,(H,11,12);1-4H/t8-;/m0./s1.